The molecule has 1 spiro atoms. The molecular formula is C15H10BrN3O2. The summed E-state index contributed by atoms with van der Waals surface area (Å²) in [6, 6.07) is 12.6. The van der Waals surface area contributed by atoms with Gasteiger partial charge >= 0.3 is 0 Å². The summed E-state index contributed by atoms with van der Waals surface area (Å²) in [6.07, 6.45) is 0. The Kier molecular flexibility index (Phi) is 2.41. The number of halogens is 1. The Morgan fingerprint density at radius 3 is 2.62 bits per heavy atom. The molecule has 2 amide bonds. The molecule has 0 bridgehead atoms. The van der Waals surface area contributed by atoms with Crippen molar-refractivity contribution < 1.29 is 9.59 Å². The molecule has 6 heteroatoms. The number of carbonyl (C=O) groups excluding carboxylic acids is 2. The normalized spacial score (nSPS) is 22.1. The monoisotopic (exact) mass is 343 g/mol. The topological polar surface area (TPSA) is 70.2 Å². The highest BCUT2D eigenvalue weighted by molar-refractivity contribution is 9.10. The van der Waals surface area contributed by atoms with Gasteiger partial charge in [0.05, 0.1) is 5.56 Å². The van der Waals surface area contributed by atoms with Crippen molar-refractivity contribution in [1.82, 2.24) is 5.32 Å². The molecule has 2 aromatic rings. The highest BCUT2D eigenvalue weighted by Crippen LogP contribution is 2.41. The second-order valence-corrected chi connectivity index (χ2v) is 5.93. The number of benzene rings is 2. The van der Waals surface area contributed by atoms with Gasteiger partial charge in [0.25, 0.3) is 11.8 Å². The molecule has 5 nitrogen and oxygen atoms in total. The van der Waals surface area contributed by atoms with Gasteiger partial charge in [-0.3, -0.25) is 9.59 Å². The zero-order valence-electron chi connectivity index (χ0n) is 10.7. The fourth-order valence-electron chi connectivity index (χ4n) is 2.78. The number of fused-ring (bicyclic) bond motifs is 3. The molecule has 0 saturated carbocycles. The molecule has 104 valence electrons. The maximum Gasteiger partial charge on any atom is 0.275 e. The van der Waals surface area contributed by atoms with Gasteiger partial charge in [-0.1, -0.05) is 28.1 Å². The Morgan fingerprint density at radius 1 is 0.952 bits per heavy atom. The highest BCUT2D eigenvalue weighted by Gasteiger charge is 2.51. The minimum Gasteiger partial charge on any atom is -0.350 e. The fourth-order valence-corrected chi connectivity index (χ4v) is 3.14. The van der Waals surface area contributed by atoms with Gasteiger partial charge in [0.2, 0.25) is 5.66 Å². The molecule has 21 heavy (non-hydrogen) atoms. The largest absolute Gasteiger partial charge is 0.350 e. The summed E-state index contributed by atoms with van der Waals surface area (Å²) in [7, 11) is 0. The van der Waals surface area contributed by atoms with E-state index < -0.39 is 5.66 Å². The lowest BCUT2D eigenvalue weighted by Crippen LogP contribution is -2.59. The third-order valence-electron chi connectivity index (χ3n) is 3.77. The number of hydrogen-bond donors (Lipinski definition) is 3. The van der Waals surface area contributed by atoms with Gasteiger partial charge in [-0.2, -0.15) is 0 Å². The number of carbonyl (C=O) groups is 2. The number of hydrogen-bond acceptors (Lipinski definition) is 3. The Balaban J connectivity index is 1.93. The minimum atomic E-state index is -1.26. The van der Waals surface area contributed by atoms with Crippen LogP contribution < -0.4 is 16.0 Å². The van der Waals surface area contributed by atoms with Crippen molar-refractivity contribution >= 4 is 39.1 Å². The van der Waals surface area contributed by atoms with Gasteiger partial charge in [-0.05, 0) is 30.3 Å². The maximum absolute atomic E-state index is 12.5. The lowest BCUT2D eigenvalue weighted by atomic mass is 9.96. The standard InChI is InChI=1S/C15H10BrN3O2/c16-8-5-6-12-10(7-8)15(14(21)17-12)18-11-4-2-1-3-9(11)13(20)19-15/h1-7,18H,(H,17,21)(H,19,20)/t15-/m0/s1. The van der Waals surface area contributed by atoms with E-state index in [1.54, 1.807) is 24.3 Å². The smallest absolute Gasteiger partial charge is 0.275 e. The van der Waals surface area contributed by atoms with E-state index in [9.17, 15) is 9.59 Å². The molecule has 4 rings (SSSR count). The number of nitrogens with one attached hydrogen (secondary N) is 3. The lowest BCUT2D eigenvalue weighted by molar-refractivity contribution is -0.120. The lowest BCUT2D eigenvalue weighted by Gasteiger charge is -2.35. The van der Waals surface area contributed by atoms with Gasteiger partial charge < -0.3 is 16.0 Å². The summed E-state index contributed by atoms with van der Waals surface area (Å²) in [5.41, 5.74) is 1.30. The van der Waals surface area contributed by atoms with Crippen molar-refractivity contribution in [2.24, 2.45) is 0 Å². The van der Waals surface area contributed by atoms with E-state index in [1.165, 1.54) is 0 Å². The van der Waals surface area contributed by atoms with Gasteiger partial charge in [0, 0.05) is 21.4 Å². The summed E-state index contributed by atoms with van der Waals surface area (Å²) in [4.78, 5) is 24.8. The highest BCUT2D eigenvalue weighted by atomic mass is 79.9. The van der Waals surface area contributed by atoms with Crippen LogP contribution in [0.1, 0.15) is 15.9 Å². The number of amides is 2. The second-order valence-electron chi connectivity index (χ2n) is 5.02. The third kappa shape index (κ3) is 1.62. The molecule has 1 atom stereocenters. The first-order valence-electron chi connectivity index (χ1n) is 6.41. The molecule has 0 unspecified atom stereocenters. The van der Waals surface area contributed by atoms with Crippen molar-refractivity contribution in [2.45, 2.75) is 5.66 Å². The quantitative estimate of drug-likeness (QED) is 0.687. The van der Waals surface area contributed by atoms with Gasteiger partial charge in [0.15, 0.2) is 0 Å². The Morgan fingerprint density at radius 2 is 1.76 bits per heavy atom. The minimum absolute atomic E-state index is 0.271. The van der Waals surface area contributed by atoms with Crippen molar-refractivity contribution in [3.63, 3.8) is 0 Å². The average Bonchev–Trinajstić information content (AvgIpc) is 2.72. The van der Waals surface area contributed by atoms with E-state index >= 15 is 0 Å². The van der Waals surface area contributed by atoms with Crippen LogP contribution in [0.2, 0.25) is 0 Å². The summed E-state index contributed by atoms with van der Waals surface area (Å²) in [5.74, 6) is -0.564. The van der Waals surface area contributed by atoms with E-state index in [-0.39, 0.29) is 11.8 Å². The number of para-hydroxylation sites is 1. The van der Waals surface area contributed by atoms with Crippen LogP contribution >= 0.6 is 15.9 Å². The first kappa shape index (κ1) is 12.4. The predicted molar refractivity (Wildman–Crippen MR) is 82.0 cm³/mol. The first-order chi connectivity index (χ1) is 10.1. The van der Waals surface area contributed by atoms with Gasteiger partial charge in [-0.25, -0.2) is 0 Å². The van der Waals surface area contributed by atoms with Gasteiger partial charge in [-0.15, -0.1) is 0 Å². The molecule has 0 aromatic heterocycles. The van der Waals surface area contributed by atoms with E-state index in [0.29, 0.717) is 22.5 Å². The molecule has 0 fully saturated rings. The Hall–Kier alpha value is -2.34. The number of anilines is 2. The van der Waals surface area contributed by atoms with E-state index in [0.717, 1.165) is 4.47 Å². The van der Waals surface area contributed by atoms with E-state index in [2.05, 4.69) is 31.9 Å². The van der Waals surface area contributed by atoms with E-state index in [1.807, 2.05) is 18.2 Å². The summed E-state index contributed by atoms with van der Waals surface area (Å²) in [6.45, 7) is 0. The summed E-state index contributed by atoms with van der Waals surface area (Å²) in [5, 5.41) is 8.77. The zero-order chi connectivity index (χ0) is 14.6. The molecule has 2 aromatic carbocycles. The molecule has 0 radical (unpaired) electrons. The molecule has 3 N–H and O–H groups in total. The van der Waals surface area contributed by atoms with Crippen LogP contribution in [-0.2, 0) is 10.5 Å². The van der Waals surface area contributed by atoms with Crippen LogP contribution in [0, 0.1) is 0 Å². The van der Waals surface area contributed by atoms with Crippen LogP contribution in [-0.4, -0.2) is 11.8 Å². The molecular weight excluding hydrogens is 334 g/mol. The van der Waals surface area contributed by atoms with Crippen LogP contribution in [0.3, 0.4) is 0 Å². The molecule has 0 saturated heterocycles. The molecule has 2 heterocycles. The fraction of sp³-hybridized carbons (Fsp3) is 0.0667. The first-order valence-corrected chi connectivity index (χ1v) is 7.21. The van der Waals surface area contributed by atoms with Crippen LogP contribution in [0.5, 0.6) is 0 Å². The van der Waals surface area contributed by atoms with Crippen LogP contribution in [0.25, 0.3) is 0 Å². The van der Waals surface area contributed by atoms with Crippen molar-refractivity contribution in [2.75, 3.05) is 10.6 Å². The van der Waals surface area contributed by atoms with Crippen molar-refractivity contribution in [1.29, 1.82) is 0 Å². The number of rotatable bonds is 0. The van der Waals surface area contributed by atoms with Gasteiger partial charge in [0.1, 0.15) is 0 Å². The predicted octanol–water partition coefficient (Wildman–Crippen LogP) is 2.41. The summed E-state index contributed by atoms with van der Waals surface area (Å²) < 4.78 is 0.840. The SMILES string of the molecule is O=C1N[C@]2(Nc3ccccc31)C(=O)Nc1ccc(Br)cc12. The Labute approximate surface area is 128 Å². The summed E-state index contributed by atoms with van der Waals surface area (Å²) >= 11 is 3.40. The molecule has 2 aliphatic rings. The zero-order valence-corrected chi connectivity index (χ0v) is 12.3. The average molecular weight is 344 g/mol. The van der Waals surface area contributed by atoms with Crippen LogP contribution in [0.4, 0.5) is 11.4 Å². The van der Waals surface area contributed by atoms with Crippen LogP contribution in [0.15, 0.2) is 46.9 Å². The third-order valence-corrected chi connectivity index (χ3v) is 4.26. The Bertz CT molecular complexity index is 805. The second kappa shape index (κ2) is 4.08. The van der Waals surface area contributed by atoms with E-state index in [4.69, 9.17) is 0 Å². The van der Waals surface area contributed by atoms with Crippen molar-refractivity contribution in [3.05, 3.63) is 58.1 Å². The maximum atomic E-state index is 12.5. The molecule has 2 aliphatic heterocycles. The molecule has 0 aliphatic carbocycles. The van der Waals surface area contributed by atoms with Crippen molar-refractivity contribution in [3.8, 4) is 0 Å².